The Morgan fingerprint density at radius 3 is 3.05 bits per heavy atom. The molecule has 7 heteroatoms. The van der Waals surface area contributed by atoms with E-state index in [-0.39, 0.29) is 12.5 Å². The number of hydrogen-bond acceptors (Lipinski definition) is 6. The zero-order valence-electron chi connectivity index (χ0n) is 12.0. The average molecular weight is 300 g/mol. The smallest absolute Gasteiger partial charge is 0.252 e. The summed E-state index contributed by atoms with van der Waals surface area (Å²) in [7, 11) is 0. The van der Waals surface area contributed by atoms with Gasteiger partial charge in [0.25, 0.3) is 5.89 Å². The molecule has 7 nitrogen and oxygen atoms in total. The lowest BCUT2D eigenvalue weighted by Crippen LogP contribution is -2.01. The first-order valence-corrected chi connectivity index (χ1v) is 7.30. The summed E-state index contributed by atoms with van der Waals surface area (Å²) in [6, 6.07) is 7.88. The number of hydrogen-bond donors (Lipinski definition) is 1. The van der Waals surface area contributed by atoms with Crippen LogP contribution in [-0.4, -0.2) is 33.3 Å². The number of rotatable bonds is 5. The minimum Gasteiger partial charge on any atom is -0.381 e. The zero-order chi connectivity index (χ0) is 14.8. The molecule has 1 fully saturated rings. The summed E-state index contributed by atoms with van der Waals surface area (Å²) in [6.45, 7) is 2.08. The van der Waals surface area contributed by atoms with Crippen LogP contribution in [0.2, 0.25) is 0 Å². The highest BCUT2D eigenvalue weighted by atomic mass is 16.5. The molecule has 1 saturated heterocycles. The Bertz CT molecular complexity index is 728. The Hall–Kier alpha value is -2.25. The molecule has 22 heavy (non-hydrogen) atoms. The summed E-state index contributed by atoms with van der Waals surface area (Å²) < 4.78 is 16.1. The molecule has 3 aromatic rings. The number of aromatic nitrogens is 4. The van der Waals surface area contributed by atoms with E-state index in [1.165, 1.54) is 0 Å². The lowest BCUT2D eigenvalue weighted by molar-refractivity contribution is 0.0811. The standard InChI is InChI=1S/C15H16N4O3/c1-2-4-12-11(3-1)16-13(17-12)8-21-9-14-18-15(19-22-14)10-5-6-20-7-10/h1-4,10H,5-9H2,(H,16,17)/t10-/m1/s1. The van der Waals surface area contributed by atoms with Gasteiger partial charge in [0.2, 0.25) is 0 Å². The van der Waals surface area contributed by atoms with Gasteiger partial charge >= 0.3 is 0 Å². The highest BCUT2D eigenvalue weighted by Crippen LogP contribution is 2.22. The van der Waals surface area contributed by atoms with E-state index in [2.05, 4.69) is 20.1 Å². The van der Waals surface area contributed by atoms with E-state index in [0.717, 1.165) is 29.9 Å². The maximum Gasteiger partial charge on any atom is 0.252 e. The van der Waals surface area contributed by atoms with Gasteiger partial charge in [-0.25, -0.2) is 4.98 Å². The third kappa shape index (κ3) is 2.72. The molecule has 2 aromatic heterocycles. The molecule has 1 N–H and O–H groups in total. The van der Waals surface area contributed by atoms with Crippen molar-refractivity contribution in [3.05, 3.63) is 41.8 Å². The van der Waals surface area contributed by atoms with Gasteiger partial charge in [0.1, 0.15) is 19.0 Å². The molecule has 1 atom stereocenters. The molecule has 0 amide bonds. The number of benzene rings is 1. The van der Waals surface area contributed by atoms with E-state index in [1.807, 2.05) is 24.3 Å². The van der Waals surface area contributed by atoms with Gasteiger partial charge in [-0.05, 0) is 18.6 Å². The van der Waals surface area contributed by atoms with Crippen molar-refractivity contribution in [1.29, 1.82) is 0 Å². The monoisotopic (exact) mass is 300 g/mol. The quantitative estimate of drug-likeness (QED) is 0.777. The van der Waals surface area contributed by atoms with E-state index in [4.69, 9.17) is 14.0 Å². The van der Waals surface area contributed by atoms with Crippen LogP contribution < -0.4 is 0 Å². The molecular formula is C15H16N4O3. The van der Waals surface area contributed by atoms with E-state index in [0.29, 0.717) is 24.9 Å². The van der Waals surface area contributed by atoms with Gasteiger partial charge in [-0.1, -0.05) is 17.3 Å². The van der Waals surface area contributed by atoms with Crippen LogP contribution in [0, 0.1) is 0 Å². The summed E-state index contributed by atoms with van der Waals surface area (Å²) >= 11 is 0. The van der Waals surface area contributed by atoms with E-state index in [9.17, 15) is 0 Å². The van der Waals surface area contributed by atoms with Crippen molar-refractivity contribution in [3.8, 4) is 0 Å². The summed E-state index contributed by atoms with van der Waals surface area (Å²) in [4.78, 5) is 12.0. The molecule has 0 spiro atoms. The maximum absolute atomic E-state index is 5.59. The highest BCUT2D eigenvalue weighted by molar-refractivity contribution is 5.74. The predicted octanol–water partition coefficient (Wildman–Crippen LogP) is 2.17. The van der Waals surface area contributed by atoms with Gasteiger partial charge in [-0.2, -0.15) is 4.98 Å². The van der Waals surface area contributed by atoms with Gasteiger partial charge in [-0.3, -0.25) is 0 Å². The Balaban J connectivity index is 1.34. The van der Waals surface area contributed by atoms with Crippen molar-refractivity contribution in [2.24, 2.45) is 0 Å². The van der Waals surface area contributed by atoms with E-state index < -0.39 is 0 Å². The van der Waals surface area contributed by atoms with Crippen molar-refractivity contribution in [2.45, 2.75) is 25.6 Å². The first kappa shape index (κ1) is 13.4. The molecule has 4 rings (SSSR count). The minimum absolute atomic E-state index is 0.243. The Labute approximate surface area is 126 Å². The van der Waals surface area contributed by atoms with Crippen molar-refractivity contribution in [3.63, 3.8) is 0 Å². The predicted molar refractivity (Wildman–Crippen MR) is 77.1 cm³/mol. The Morgan fingerprint density at radius 1 is 1.23 bits per heavy atom. The number of H-pyrrole nitrogens is 1. The molecule has 0 bridgehead atoms. The summed E-state index contributed by atoms with van der Waals surface area (Å²) in [5, 5.41) is 3.99. The summed E-state index contributed by atoms with van der Waals surface area (Å²) in [6.07, 6.45) is 0.943. The fraction of sp³-hybridized carbons (Fsp3) is 0.400. The van der Waals surface area contributed by atoms with Gasteiger partial charge in [0, 0.05) is 12.5 Å². The van der Waals surface area contributed by atoms with Crippen LogP contribution in [0.3, 0.4) is 0 Å². The highest BCUT2D eigenvalue weighted by Gasteiger charge is 2.23. The number of ether oxygens (including phenoxy) is 2. The van der Waals surface area contributed by atoms with Crippen molar-refractivity contribution in [1.82, 2.24) is 20.1 Å². The van der Waals surface area contributed by atoms with Gasteiger partial charge in [-0.15, -0.1) is 0 Å². The zero-order valence-corrected chi connectivity index (χ0v) is 12.0. The second kappa shape index (κ2) is 5.86. The lowest BCUT2D eigenvalue weighted by atomic mass is 10.1. The number of imidazole rings is 1. The molecule has 0 aliphatic carbocycles. The molecule has 114 valence electrons. The van der Waals surface area contributed by atoms with Crippen LogP contribution in [-0.2, 0) is 22.7 Å². The molecule has 0 unspecified atom stereocenters. The number of nitrogens with zero attached hydrogens (tertiary/aromatic N) is 3. The average Bonchev–Trinajstić information content (AvgIpc) is 3.27. The number of nitrogens with one attached hydrogen (secondary N) is 1. The second-order valence-corrected chi connectivity index (χ2v) is 5.30. The molecule has 1 aliphatic heterocycles. The molecule has 3 heterocycles. The number of fused-ring (bicyclic) bond motifs is 1. The molecular weight excluding hydrogens is 284 g/mol. The van der Waals surface area contributed by atoms with Crippen LogP contribution in [0.25, 0.3) is 11.0 Å². The van der Waals surface area contributed by atoms with Crippen LogP contribution >= 0.6 is 0 Å². The van der Waals surface area contributed by atoms with Crippen LogP contribution in [0.4, 0.5) is 0 Å². The summed E-state index contributed by atoms with van der Waals surface area (Å²) in [5.41, 5.74) is 1.94. The van der Waals surface area contributed by atoms with E-state index in [1.54, 1.807) is 0 Å². The first-order valence-electron chi connectivity index (χ1n) is 7.30. The largest absolute Gasteiger partial charge is 0.381 e. The van der Waals surface area contributed by atoms with Gasteiger partial charge in [0.05, 0.1) is 17.6 Å². The lowest BCUT2D eigenvalue weighted by Gasteiger charge is -1.98. The van der Waals surface area contributed by atoms with Crippen molar-refractivity contribution >= 4 is 11.0 Å². The van der Waals surface area contributed by atoms with Gasteiger partial charge < -0.3 is 19.0 Å². The Kier molecular flexibility index (Phi) is 3.57. The third-order valence-corrected chi connectivity index (χ3v) is 3.68. The number of para-hydroxylation sites is 2. The Morgan fingerprint density at radius 2 is 2.18 bits per heavy atom. The SMILES string of the molecule is c1ccc2[nH]c(COCc3nc([C@@H]4CCOC4)no3)nc2c1. The fourth-order valence-corrected chi connectivity index (χ4v) is 2.54. The molecule has 1 aliphatic rings. The van der Waals surface area contributed by atoms with Crippen molar-refractivity contribution in [2.75, 3.05) is 13.2 Å². The molecule has 0 radical (unpaired) electrons. The van der Waals surface area contributed by atoms with Gasteiger partial charge in [0.15, 0.2) is 5.82 Å². The van der Waals surface area contributed by atoms with E-state index >= 15 is 0 Å². The first-order chi connectivity index (χ1) is 10.9. The maximum atomic E-state index is 5.59. The van der Waals surface area contributed by atoms with Crippen LogP contribution in [0.5, 0.6) is 0 Å². The normalized spacial score (nSPS) is 18.3. The van der Waals surface area contributed by atoms with Crippen LogP contribution in [0.1, 0.15) is 29.9 Å². The van der Waals surface area contributed by atoms with Crippen molar-refractivity contribution < 1.29 is 14.0 Å². The summed E-state index contributed by atoms with van der Waals surface area (Å²) in [5.74, 6) is 2.22. The molecule has 0 saturated carbocycles. The van der Waals surface area contributed by atoms with Crippen LogP contribution in [0.15, 0.2) is 28.8 Å². The second-order valence-electron chi connectivity index (χ2n) is 5.30. The number of aromatic amines is 1. The topological polar surface area (TPSA) is 86.1 Å². The fourth-order valence-electron chi connectivity index (χ4n) is 2.54. The minimum atomic E-state index is 0.243. The molecule has 1 aromatic carbocycles. The third-order valence-electron chi connectivity index (χ3n) is 3.68.